The third kappa shape index (κ3) is 6.57. The molecule has 0 spiro atoms. The van der Waals surface area contributed by atoms with Gasteiger partial charge in [-0.15, -0.1) is 0 Å². The smallest absolute Gasteiger partial charge is 0.151 e. The zero-order valence-corrected chi connectivity index (χ0v) is 8.23. The molecule has 12 heavy (non-hydrogen) atoms. The van der Waals surface area contributed by atoms with Crippen molar-refractivity contribution in [2.24, 2.45) is 0 Å². The van der Waals surface area contributed by atoms with E-state index in [1.54, 1.807) is 6.92 Å². The van der Waals surface area contributed by atoms with E-state index in [1.807, 2.05) is 0 Å². The van der Waals surface area contributed by atoms with Gasteiger partial charge in [-0.3, -0.25) is 0 Å². The molecule has 0 fully saturated rings. The van der Waals surface area contributed by atoms with Gasteiger partial charge in [-0.25, -0.2) is 8.42 Å². The summed E-state index contributed by atoms with van der Waals surface area (Å²) in [6.45, 7) is 2.95. The number of nitrogens with one attached hydrogen (secondary N) is 1. The molecular formula is C7H17NO3S. The van der Waals surface area contributed by atoms with E-state index in [0.717, 1.165) is 0 Å². The summed E-state index contributed by atoms with van der Waals surface area (Å²) < 4.78 is 21.9. The molecule has 0 heterocycles. The largest absolute Gasteiger partial charge is 0.396 e. The lowest BCUT2D eigenvalue weighted by molar-refractivity contribution is 0.286. The number of sulfone groups is 1. The molecule has 2 N–H and O–H groups in total. The van der Waals surface area contributed by atoms with Gasteiger partial charge in [0.2, 0.25) is 0 Å². The van der Waals surface area contributed by atoms with E-state index in [1.165, 1.54) is 0 Å². The molecular weight excluding hydrogens is 178 g/mol. The van der Waals surface area contributed by atoms with Crippen LogP contribution in [-0.2, 0) is 9.84 Å². The zero-order chi connectivity index (χ0) is 9.45. The van der Waals surface area contributed by atoms with E-state index in [-0.39, 0.29) is 18.1 Å². The van der Waals surface area contributed by atoms with Gasteiger partial charge in [-0.2, -0.15) is 0 Å². The highest BCUT2D eigenvalue weighted by Crippen LogP contribution is 1.86. The molecule has 0 amide bonds. The first-order valence-electron chi connectivity index (χ1n) is 4.14. The molecule has 0 bridgehead atoms. The quantitative estimate of drug-likeness (QED) is 0.532. The average Bonchev–Trinajstić information content (AvgIpc) is 2.04. The van der Waals surface area contributed by atoms with Crippen molar-refractivity contribution in [3.63, 3.8) is 0 Å². The van der Waals surface area contributed by atoms with Crippen molar-refractivity contribution in [2.45, 2.75) is 13.3 Å². The second kappa shape index (κ2) is 6.39. The van der Waals surface area contributed by atoms with Gasteiger partial charge < -0.3 is 10.4 Å². The fraction of sp³-hybridized carbons (Fsp3) is 1.00. The molecule has 0 atom stereocenters. The van der Waals surface area contributed by atoms with Crippen LogP contribution in [0.4, 0.5) is 0 Å². The summed E-state index contributed by atoms with van der Waals surface area (Å²) in [6.07, 6.45) is 0.673. The highest BCUT2D eigenvalue weighted by Gasteiger charge is 2.05. The van der Waals surface area contributed by atoms with E-state index in [9.17, 15) is 8.42 Å². The maximum Gasteiger partial charge on any atom is 0.151 e. The summed E-state index contributed by atoms with van der Waals surface area (Å²) in [4.78, 5) is 0. The lowest BCUT2D eigenvalue weighted by atomic mass is 10.4. The highest BCUT2D eigenvalue weighted by atomic mass is 32.2. The standard InChI is InChI=1S/C7H17NO3S/c1-2-12(10,11)7-5-8-4-3-6-9/h8-9H,2-7H2,1H3. The van der Waals surface area contributed by atoms with E-state index in [0.29, 0.717) is 19.5 Å². The molecule has 0 aromatic rings. The van der Waals surface area contributed by atoms with Crippen molar-refractivity contribution in [3.05, 3.63) is 0 Å². The lowest BCUT2D eigenvalue weighted by Gasteiger charge is -2.02. The van der Waals surface area contributed by atoms with Crippen molar-refractivity contribution in [3.8, 4) is 0 Å². The molecule has 4 nitrogen and oxygen atoms in total. The van der Waals surface area contributed by atoms with Crippen LogP contribution in [0.3, 0.4) is 0 Å². The van der Waals surface area contributed by atoms with E-state index >= 15 is 0 Å². The first-order valence-corrected chi connectivity index (χ1v) is 5.96. The van der Waals surface area contributed by atoms with E-state index in [4.69, 9.17) is 5.11 Å². The summed E-state index contributed by atoms with van der Waals surface area (Å²) in [5.41, 5.74) is 0. The van der Waals surface area contributed by atoms with Gasteiger partial charge in [0.25, 0.3) is 0 Å². The van der Waals surface area contributed by atoms with E-state index < -0.39 is 9.84 Å². The minimum absolute atomic E-state index is 0.146. The third-order valence-electron chi connectivity index (χ3n) is 1.54. The predicted octanol–water partition coefficient (Wildman–Crippen LogP) is -0.607. The number of hydrogen-bond acceptors (Lipinski definition) is 4. The Morgan fingerprint density at radius 2 is 2.00 bits per heavy atom. The van der Waals surface area contributed by atoms with Crippen LogP contribution in [0.2, 0.25) is 0 Å². The Balaban J connectivity index is 3.32. The van der Waals surface area contributed by atoms with Crippen molar-refractivity contribution in [1.82, 2.24) is 5.32 Å². The summed E-state index contributed by atoms with van der Waals surface area (Å²) in [5.74, 6) is 0.392. The van der Waals surface area contributed by atoms with Gasteiger partial charge in [-0.05, 0) is 13.0 Å². The summed E-state index contributed by atoms with van der Waals surface area (Å²) >= 11 is 0. The van der Waals surface area contributed by atoms with Gasteiger partial charge >= 0.3 is 0 Å². The molecule has 0 aromatic carbocycles. The zero-order valence-electron chi connectivity index (χ0n) is 7.41. The number of rotatable bonds is 7. The SMILES string of the molecule is CCS(=O)(=O)CCNCCCO. The van der Waals surface area contributed by atoms with Gasteiger partial charge in [0, 0.05) is 18.9 Å². The summed E-state index contributed by atoms with van der Waals surface area (Å²) in [7, 11) is -2.83. The van der Waals surface area contributed by atoms with Crippen LogP contribution in [0.25, 0.3) is 0 Å². The fourth-order valence-electron chi connectivity index (χ4n) is 0.701. The van der Waals surface area contributed by atoms with Gasteiger partial charge in [0.05, 0.1) is 5.75 Å². The molecule has 0 aromatic heterocycles. The Bertz CT molecular complexity index is 189. The summed E-state index contributed by atoms with van der Waals surface area (Å²) in [6, 6.07) is 0. The molecule has 0 aliphatic carbocycles. The molecule has 0 aliphatic heterocycles. The van der Waals surface area contributed by atoms with Crippen LogP contribution in [0.15, 0.2) is 0 Å². The molecule has 0 aliphatic rings. The van der Waals surface area contributed by atoms with Crippen LogP contribution >= 0.6 is 0 Å². The first-order chi connectivity index (χ1) is 5.62. The molecule has 0 radical (unpaired) electrons. The number of hydrogen-bond donors (Lipinski definition) is 2. The minimum atomic E-state index is -2.83. The molecule has 0 unspecified atom stereocenters. The Kier molecular flexibility index (Phi) is 6.32. The van der Waals surface area contributed by atoms with Gasteiger partial charge in [0.15, 0.2) is 9.84 Å². The van der Waals surface area contributed by atoms with Crippen molar-refractivity contribution >= 4 is 9.84 Å². The molecule has 0 rings (SSSR count). The van der Waals surface area contributed by atoms with Crippen molar-refractivity contribution < 1.29 is 13.5 Å². The summed E-state index contributed by atoms with van der Waals surface area (Å²) in [5, 5.41) is 11.4. The van der Waals surface area contributed by atoms with Gasteiger partial charge in [0.1, 0.15) is 0 Å². The Labute approximate surface area is 73.9 Å². The van der Waals surface area contributed by atoms with Crippen LogP contribution in [-0.4, -0.2) is 44.7 Å². The van der Waals surface area contributed by atoms with Crippen LogP contribution in [0.5, 0.6) is 0 Å². The molecule has 0 saturated carbocycles. The van der Waals surface area contributed by atoms with Crippen molar-refractivity contribution in [2.75, 3.05) is 31.2 Å². The van der Waals surface area contributed by atoms with Gasteiger partial charge in [-0.1, -0.05) is 6.92 Å². The van der Waals surface area contributed by atoms with Crippen LogP contribution in [0.1, 0.15) is 13.3 Å². The highest BCUT2D eigenvalue weighted by molar-refractivity contribution is 7.91. The fourth-order valence-corrected chi connectivity index (χ4v) is 1.45. The minimum Gasteiger partial charge on any atom is -0.396 e. The van der Waals surface area contributed by atoms with E-state index in [2.05, 4.69) is 5.32 Å². The topological polar surface area (TPSA) is 66.4 Å². The number of aliphatic hydroxyl groups is 1. The molecule has 0 saturated heterocycles. The maximum absolute atomic E-state index is 10.9. The number of aliphatic hydroxyl groups excluding tert-OH is 1. The Morgan fingerprint density at radius 3 is 2.50 bits per heavy atom. The lowest BCUT2D eigenvalue weighted by Crippen LogP contribution is -2.25. The Hall–Kier alpha value is -0.130. The van der Waals surface area contributed by atoms with Crippen LogP contribution < -0.4 is 5.32 Å². The molecule has 74 valence electrons. The van der Waals surface area contributed by atoms with Crippen molar-refractivity contribution in [1.29, 1.82) is 0 Å². The third-order valence-corrected chi connectivity index (χ3v) is 3.25. The second-order valence-corrected chi connectivity index (χ2v) is 5.04. The average molecular weight is 195 g/mol. The maximum atomic E-state index is 10.9. The first kappa shape index (κ1) is 11.9. The normalized spacial score (nSPS) is 11.8. The monoisotopic (exact) mass is 195 g/mol. The predicted molar refractivity (Wildman–Crippen MR) is 48.9 cm³/mol. The molecule has 5 heteroatoms. The Morgan fingerprint density at radius 1 is 1.33 bits per heavy atom. The second-order valence-electron chi connectivity index (χ2n) is 2.56. The van der Waals surface area contributed by atoms with Crippen LogP contribution in [0, 0.1) is 0 Å².